The maximum atomic E-state index is 10.6. The van der Waals surface area contributed by atoms with Gasteiger partial charge in [-0.15, -0.1) is 0 Å². The van der Waals surface area contributed by atoms with E-state index >= 15 is 0 Å². The van der Waals surface area contributed by atoms with Gasteiger partial charge in [0.15, 0.2) is 5.69 Å². The molecule has 0 aromatic carbocycles. The largest absolute Gasteiger partial charge is 0.476 e. The second kappa shape index (κ2) is 5.05. The summed E-state index contributed by atoms with van der Waals surface area (Å²) in [6, 6.07) is 0. The number of aromatic nitrogens is 4. The van der Waals surface area contributed by atoms with Crippen LogP contribution in [0.1, 0.15) is 27.4 Å². The molecular formula is C12H15N5O2. The standard InChI is InChI=1S/C12H15N5O2/c1-7-9(8(2)17(3)16-7)4-14-11-6-13-10(5-15-11)12(18)19/h5-6H,4H2,1-3H3,(H,14,15)(H,18,19). The predicted octanol–water partition coefficient (Wildman–Crippen LogP) is 1.14. The highest BCUT2D eigenvalue weighted by atomic mass is 16.4. The number of anilines is 1. The summed E-state index contributed by atoms with van der Waals surface area (Å²) in [5.74, 6) is -0.550. The van der Waals surface area contributed by atoms with Gasteiger partial charge in [-0.3, -0.25) is 4.68 Å². The van der Waals surface area contributed by atoms with E-state index in [0.29, 0.717) is 12.4 Å². The molecule has 0 atom stereocenters. The Balaban J connectivity index is 2.08. The van der Waals surface area contributed by atoms with E-state index in [2.05, 4.69) is 20.4 Å². The minimum absolute atomic E-state index is 0.0701. The van der Waals surface area contributed by atoms with Crippen molar-refractivity contribution < 1.29 is 9.90 Å². The summed E-state index contributed by atoms with van der Waals surface area (Å²) >= 11 is 0. The quantitative estimate of drug-likeness (QED) is 0.857. The molecule has 0 spiro atoms. The average molecular weight is 261 g/mol. The fraction of sp³-hybridized carbons (Fsp3) is 0.333. The molecule has 2 aromatic heterocycles. The summed E-state index contributed by atoms with van der Waals surface area (Å²) in [5.41, 5.74) is 3.08. The van der Waals surface area contributed by atoms with Crippen LogP contribution < -0.4 is 5.32 Å². The number of nitrogens with zero attached hydrogens (tertiary/aromatic N) is 4. The third kappa shape index (κ3) is 2.70. The van der Waals surface area contributed by atoms with Crippen molar-refractivity contribution in [3.8, 4) is 0 Å². The molecule has 0 aliphatic rings. The summed E-state index contributed by atoms with van der Waals surface area (Å²) in [4.78, 5) is 18.4. The number of carboxylic acids is 1. The molecule has 0 radical (unpaired) electrons. The zero-order valence-electron chi connectivity index (χ0n) is 11.0. The number of aryl methyl sites for hydroxylation is 2. The van der Waals surface area contributed by atoms with E-state index in [1.807, 2.05) is 25.6 Å². The summed E-state index contributed by atoms with van der Waals surface area (Å²) in [6.07, 6.45) is 2.64. The highest BCUT2D eigenvalue weighted by Crippen LogP contribution is 2.13. The van der Waals surface area contributed by atoms with Gasteiger partial charge in [-0.05, 0) is 13.8 Å². The highest BCUT2D eigenvalue weighted by molar-refractivity contribution is 5.84. The van der Waals surface area contributed by atoms with E-state index in [1.165, 1.54) is 12.4 Å². The van der Waals surface area contributed by atoms with E-state index in [-0.39, 0.29) is 5.69 Å². The third-order valence-corrected chi connectivity index (χ3v) is 2.98. The van der Waals surface area contributed by atoms with Gasteiger partial charge in [-0.25, -0.2) is 14.8 Å². The minimum atomic E-state index is -1.09. The van der Waals surface area contributed by atoms with Crippen LogP contribution in [0.3, 0.4) is 0 Å². The van der Waals surface area contributed by atoms with Crippen LogP contribution in [-0.4, -0.2) is 30.8 Å². The van der Waals surface area contributed by atoms with Crippen LogP contribution in [-0.2, 0) is 13.6 Å². The smallest absolute Gasteiger partial charge is 0.356 e. The summed E-state index contributed by atoms with van der Waals surface area (Å²) in [5, 5.41) is 16.2. The Morgan fingerprint density at radius 2 is 2.11 bits per heavy atom. The van der Waals surface area contributed by atoms with Gasteiger partial charge in [0, 0.05) is 24.8 Å². The second-order valence-corrected chi connectivity index (χ2v) is 4.22. The Morgan fingerprint density at radius 1 is 1.37 bits per heavy atom. The van der Waals surface area contributed by atoms with Crippen LogP contribution in [0.2, 0.25) is 0 Å². The van der Waals surface area contributed by atoms with Gasteiger partial charge in [0.2, 0.25) is 0 Å². The van der Waals surface area contributed by atoms with Gasteiger partial charge in [-0.1, -0.05) is 0 Å². The van der Waals surface area contributed by atoms with Crippen LogP contribution in [0.25, 0.3) is 0 Å². The molecule has 2 heterocycles. The molecule has 2 N–H and O–H groups in total. The normalized spacial score (nSPS) is 10.5. The van der Waals surface area contributed by atoms with Gasteiger partial charge < -0.3 is 10.4 Å². The van der Waals surface area contributed by atoms with Crippen molar-refractivity contribution in [3.05, 3.63) is 35.0 Å². The topological polar surface area (TPSA) is 92.9 Å². The number of nitrogens with one attached hydrogen (secondary N) is 1. The number of hydrogen-bond donors (Lipinski definition) is 2. The Hall–Kier alpha value is -2.44. The average Bonchev–Trinajstić information content (AvgIpc) is 2.62. The molecule has 0 aliphatic carbocycles. The van der Waals surface area contributed by atoms with Crippen molar-refractivity contribution in [1.29, 1.82) is 0 Å². The number of rotatable bonds is 4. The molecule has 0 fully saturated rings. The number of hydrogen-bond acceptors (Lipinski definition) is 5. The Morgan fingerprint density at radius 3 is 2.58 bits per heavy atom. The van der Waals surface area contributed by atoms with Crippen molar-refractivity contribution in [2.75, 3.05) is 5.32 Å². The number of carbonyl (C=O) groups is 1. The summed E-state index contributed by atoms with van der Waals surface area (Å²) < 4.78 is 1.82. The first-order valence-corrected chi connectivity index (χ1v) is 5.77. The molecule has 0 bridgehead atoms. The predicted molar refractivity (Wildman–Crippen MR) is 69.0 cm³/mol. The molecular weight excluding hydrogens is 246 g/mol. The lowest BCUT2D eigenvalue weighted by Gasteiger charge is -2.05. The lowest BCUT2D eigenvalue weighted by Crippen LogP contribution is -2.06. The Bertz CT molecular complexity index is 603. The zero-order valence-corrected chi connectivity index (χ0v) is 11.0. The summed E-state index contributed by atoms with van der Waals surface area (Å²) in [7, 11) is 1.90. The molecule has 100 valence electrons. The Labute approximate surface area is 110 Å². The van der Waals surface area contributed by atoms with Gasteiger partial charge in [0.1, 0.15) is 5.82 Å². The monoisotopic (exact) mass is 261 g/mol. The van der Waals surface area contributed by atoms with E-state index < -0.39 is 5.97 Å². The fourth-order valence-corrected chi connectivity index (χ4v) is 1.78. The first-order chi connectivity index (χ1) is 8.99. The lowest BCUT2D eigenvalue weighted by atomic mass is 10.2. The molecule has 19 heavy (non-hydrogen) atoms. The molecule has 7 heteroatoms. The van der Waals surface area contributed by atoms with Crippen LogP contribution in [0.4, 0.5) is 5.82 Å². The van der Waals surface area contributed by atoms with Crippen molar-refractivity contribution in [2.24, 2.45) is 7.05 Å². The fourth-order valence-electron chi connectivity index (χ4n) is 1.78. The van der Waals surface area contributed by atoms with Crippen LogP contribution in [0.5, 0.6) is 0 Å². The van der Waals surface area contributed by atoms with Gasteiger partial charge in [-0.2, -0.15) is 5.10 Å². The summed E-state index contributed by atoms with van der Waals surface area (Å²) in [6.45, 7) is 4.52. The molecule has 2 aromatic rings. The molecule has 0 saturated heterocycles. The van der Waals surface area contributed by atoms with E-state index in [4.69, 9.17) is 5.11 Å². The first kappa shape index (κ1) is 13.0. The van der Waals surface area contributed by atoms with Gasteiger partial charge >= 0.3 is 5.97 Å². The van der Waals surface area contributed by atoms with Crippen molar-refractivity contribution in [3.63, 3.8) is 0 Å². The van der Waals surface area contributed by atoms with Crippen molar-refractivity contribution in [2.45, 2.75) is 20.4 Å². The van der Waals surface area contributed by atoms with E-state index in [9.17, 15) is 4.79 Å². The molecule has 0 saturated carbocycles. The molecule has 0 amide bonds. The lowest BCUT2D eigenvalue weighted by molar-refractivity contribution is 0.0690. The molecule has 0 unspecified atom stereocenters. The number of carboxylic acid groups (broad SMARTS) is 1. The SMILES string of the molecule is Cc1nn(C)c(C)c1CNc1cnc(C(=O)O)cn1. The minimum Gasteiger partial charge on any atom is -0.476 e. The number of aromatic carboxylic acids is 1. The Kier molecular flexibility index (Phi) is 3.46. The molecule has 7 nitrogen and oxygen atoms in total. The van der Waals surface area contributed by atoms with Crippen molar-refractivity contribution >= 4 is 11.8 Å². The second-order valence-electron chi connectivity index (χ2n) is 4.22. The highest BCUT2D eigenvalue weighted by Gasteiger charge is 2.09. The van der Waals surface area contributed by atoms with Crippen LogP contribution >= 0.6 is 0 Å². The molecule has 2 rings (SSSR count). The van der Waals surface area contributed by atoms with E-state index in [0.717, 1.165) is 17.0 Å². The first-order valence-electron chi connectivity index (χ1n) is 5.77. The van der Waals surface area contributed by atoms with Crippen LogP contribution in [0.15, 0.2) is 12.4 Å². The maximum absolute atomic E-state index is 10.6. The van der Waals surface area contributed by atoms with Crippen molar-refractivity contribution in [1.82, 2.24) is 19.7 Å². The third-order valence-electron chi connectivity index (χ3n) is 2.98. The molecule has 0 aliphatic heterocycles. The van der Waals surface area contributed by atoms with Crippen LogP contribution in [0, 0.1) is 13.8 Å². The zero-order chi connectivity index (χ0) is 14.0. The van der Waals surface area contributed by atoms with E-state index in [1.54, 1.807) is 0 Å². The van der Waals surface area contributed by atoms with Gasteiger partial charge in [0.25, 0.3) is 0 Å². The van der Waals surface area contributed by atoms with Gasteiger partial charge in [0.05, 0.1) is 18.1 Å². The maximum Gasteiger partial charge on any atom is 0.356 e.